The standard InChI is InChI=1S/C11H28O3Si4/c1-9-16(3,4)13-18(7,8)14-17(5,6)11-10-15-12-2/h9H,1,10-11H2,2-8H3. The van der Waals surface area contributed by atoms with Gasteiger partial charge in [-0.2, -0.15) is 0 Å². The molecule has 0 unspecified atom stereocenters. The minimum Gasteiger partial charge on any atom is -0.437 e. The third-order valence-corrected chi connectivity index (χ3v) is 14.4. The average molecular weight is 321 g/mol. The van der Waals surface area contributed by atoms with Gasteiger partial charge in [0.25, 0.3) is 0 Å². The molecule has 106 valence electrons. The van der Waals surface area contributed by atoms with E-state index in [0.717, 1.165) is 12.1 Å². The van der Waals surface area contributed by atoms with Crippen LogP contribution >= 0.6 is 0 Å². The van der Waals surface area contributed by atoms with Crippen molar-refractivity contribution in [1.82, 2.24) is 0 Å². The summed E-state index contributed by atoms with van der Waals surface area (Å²) in [5.74, 6) is 0. The minimum atomic E-state index is -2.04. The van der Waals surface area contributed by atoms with Crippen LogP contribution < -0.4 is 0 Å². The third kappa shape index (κ3) is 8.57. The molecule has 0 spiro atoms. The van der Waals surface area contributed by atoms with E-state index in [2.05, 4.69) is 45.9 Å². The van der Waals surface area contributed by atoms with Crippen molar-refractivity contribution >= 4 is 35.0 Å². The summed E-state index contributed by atoms with van der Waals surface area (Å²) in [6.07, 6.45) is 0. The van der Waals surface area contributed by atoms with Gasteiger partial charge in [-0.15, -0.1) is 6.58 Å². The van der Waals surface area contributed by atoms with Crippen molar-refractivity contribution in [3.05, 3.63) is 12.3 Å². The summed E-state index contributed by atoms with van der Waals surface area (Å²) < 4.78 is 17.8. The lowest BCUT2D eigenvalue weighted by Gasteiger charge is -2.37. The molecule has 0 aromatic carbocycles. The monoisotopic (exact) mass is 320 g/mol. The number of hydrogen-bond donors (Lipinski definition) is 0. The summed E-state index contributed by atoms with van der Waals surface area (Å²) in [6, 6.07) is 2.23. The van der Waals surface area contributed by atoms with E-state index in [1.165, 1.54) is 0 Å². The molecule has 0 aliphatic carbocycles. The minimum absolute atomic E-state index is 0.587. The molecule has 0 aromatic heterocycles. The van der Waals surface area contributed by atoms with Crippen LogP contribution in [0.15, 0.2) is 12.3 Å². The van der Waals surface area contributed by atoms with Gasteiger partial charge in [-0.05, 0) is 51.4 Å². The highest BCUT2D eigenvalue weighted by Gasteiger charge is 2.38. The maximum absolute atomic E-state index is 6.40. The van der Waals surface area contributed by atoms with E-state index in [0.29, 0.717) is 9.76 Å². The van der Waals surface area contributed by atoms with Crippen LogP contribution in [-0.4, -0.2) is 42.1 Å². The fourth-order valence-corrected chi connectivity index (χ4v) is 16.6. The Morgan fingerprint density at radius 1 is 1.06 bits per heavy atom. The fourth-order valence-electron chi connectivity index (χ4n) is 1.87. The maximum atomic E-state index is 6.40. The topological polar surface area (TPSA) is 27.7 Å². The normalized spacial score (nSPS) is 13.7. The molecule has 0 bridgehead atoms. The Hall–Kier alpha value is 0.488. The van der Waals surface area contributed by atoms with Crippen LogP contribution in [0.4, 0.5) is 0 Å². The molecule has 0 N–H and O–H groups in total. The van der Waals surface area contributed by atoms with Crippen LogP contribution in [-0.2, 0) is 12.7 Å². The van der Waals surface area contributed by atoms with Gasteiger partial charge in [-0.3, -0.25) is 0 Å². The highest BCUT2D eigenvalue weighted by molar-refractivity contribution is 6.89. The highest BCUT2D eigenvalue weighted by atomic mass is 28.5. The number of hydrogen-bond acceptors (Lipinski definition) is 3. The predicted molar refractivity (Wildman–Crippen MR) is 87.2 cm³/mol. The van der Waals surface area contributed by atoms with Crippen LogP contribution in [0.1, 0.15) is 0 Å². The summed E-state index contributed by atoms with van der Waals surface area (Å²) in [6.45, 7) is 17.1. The van der Waals surface area contributed by atoms with E-state index in [9.17, 15) is 0 Å². The molecule has 0 aliphatic rings. The van der Waals surface area contributed by atoms with Crippen molar-refractivity contribution in [3.8, 4) is 0 Å². The SMILES string of the molecule is C=C[Si](C)(C)O[Si](C)(C)O[Si](C)(C)CC[Si]OC. The van der Waals surface area contributed by atoms with Crippen molar-refractivity contribution in [2.75, 3.05) is 7.11 Å². The summed E-state index contributed by atoms with van der Waals surface area (Å²) in [5.41, 5.74) is 1.98. The van der Waals surface area contributed by atoms with E-state index in [-0.39, 0.29) is 0 Å². The first-order chi connectivity index (χ1) is 8.04. The van der Waals surface area contributed by atoms with E-state index < -0.39 is 25.2 Å². The van der Waals surface area contributed by atoms with E-state index >= 15 is 0 Å². The Bertz CT molecular complexity index is 267. The molecule has 0 aliphatic heterocycles. The van der Waals surface area contributed by atoms with E-state index in [1.807, 2.05) is 5.70 Å². The molecule has 18 heavy (non-hydrogen) atoms. The Morgan fingerprint density at radius 2 is 1.61 bits per heavy atom. The molecule has 2 radical (unpaired) electrons. The molecule has 7 heteroatoms. The Balaban J connectivity index is 4.41. The second-order valence-corrected chi connectivity index (χ2v) is 19.3. The molecule has 0 fully saturated rings. The smallest absolute Gasteiger partial charge is 0.311 e. The zero-order chi connectivity index (χ0) is 14.4. The second-order valence-electron chi connectivity index (χ2n) is 6.02. The van der Waals surface area contributed by atoms with Crippen molar-refractivity contribution in [3.63, 3.8) is 0 Å². The summed E-state index contributed by atoms with van der Waals surface area (Å²) in [5, 5.41) is 0. The van der Waals surface area contributed by atoms with Gasteiger partial charge in [-0.1, -0.05) is 5.70 Å². The van der Waals surface area contributed by atoms with Gasteiger partial charge in [0, 0.05) is 7.11 Å². The van der Waals surface area contributed by atoms with Crippen LogP contribution in [0, 0.1) is 0 Å². The Morgan fingerprint density at radius 3 is 2.06 bits per heavy atom. The first kappa shape index (κ1) is 18.5. The van der Waals surface area contributed by atoms with Gasteiger partial charge >= 0.3 is 8.56 Å². The van der Waals surface area contributed by atoms with Crippen molar-refractivity contribution in [1.29, 1.82) is 0 Å². The Kier molecular flexibility index (Phi) is 7.52. The van der Waals surface area contributed by atoms with Crippen molar-refractivity contribution in [2.45, 2.75) is 51.4 Å². The molecule has 3 nitrogen and oxygen atoms in total. The summed E-state index contributed by atoms with van der Waals surface area (Å²) in [7, 11) is -3.08. The zero-order valence-electron chi connectivity index (χ0n) is 12.9. The number of rotatable bonds is 9. The summed E-state index contributed by atoms with van der Waals surface area (Å²) in [4.78, 5) is 0. The maximum Gasteiger partial charge on any atom is 0.311 e. The molecule has 0 saturated carbocycles. The van der Waals surface area contributed by atoms with Gasteiger partial charge in [0.1, 0.15) is 0 Å². The molecular weight excluding hydrogens is 292 g/mol. The lowest BCUT2D eigenvalue weighted by molar-refractivity contribution is 0.393. The van der Waals surface area contributed by atoms with Gasteiger partial charge < -0.3 is 12.7 Å². The summed E-state index contributed by atoms with van der Waals surface area (Å²) >= 11 is 0. The fraction of sp³-hybridized carbons (Fsp3) is 0.818. The molecule has 0 saturated heterocycles. The quantitative estimate of drug-likeness (QED) is 0.480. The first-order valence-corrected chi connectivity index (χ1v) is 16.4. The lowest BCUT2D eigenvalue weighted by Crippen LogP contribution is -2.51. The van der Waals surface area contributed by atoms with Crippen molar-refractivity contribution < 1.29 is 12.7 Å². The molecule has 0 rings (SSSR count). The lowest BCUT2D eigenvalue weighted by atomic mass is 10.9. The molecule has 0 amide bonds. The van der Waals surface area contributed by atoms with Gasteiger partial charge in [-0.25, -0.2) is 0 Å². The van der Waals surface area contributed by atoms with E-state index in [4.69, 9.17) is 12.7 Å². The molecule has 0 heterocycles. The molecule has 0 aromatic rings. The highest BCUT2D eigenvalue weighted by Crippen LogP contribution is 2.24. The van der Waals surface area contributed by atoms with E-state index in [1.54, 1.807) is 7.11 Å². The molecular formula is C11H28O3Si4. The van der Waals surface area contributed by atoms with Gasteiger partial charge in [0.2, 0.25) is 9.76 Å². The molecule has 0 atom stereocenters. The van der Waals surface area contributed by atoms with Crippen LogP contribution in [0.25, 0.3) is 0 Å². The average Bonchev–Trinajstić information content (AvgIpc) is 2.14. The van der Waals surface area contributed by atoms with Crippen LogP contribution in [0.2, 0.25) is 51.4 Å². The Labute approximate surface area is 118 Å². The van der Waals surface area contributed by atoms with Gasteiger partial charge in [0.05, 0.1) is 0 Å². The van der Waals surface area contributed by atoms with Crippen LogP contribution in [0.3, 0.4) is 0 Å². The van der Waals surface area contributed by atoms with Crippen molar-refractivity contribution in [2.24, 2.45) is 0 Å². The first-order valence-electron chi connectivity index (χ1n) is 6.33. The van der Waals surface area contributed by atoms with Gasteiger partial charge in [0.15, 0.2) is 16.6 Å². The zero-order valence-corrected chi connectivity index (χ0v) is 16.9. The third-order valence-electron chi connectivity index (χ3n) is 2.50. The predicted octanol–water partition coefficient (Wildman–Crippen LogP) is 3.54. The van der Waals surface area contributed by atoms with Crippen LogP contribution in [0.5, 0.6) is 0 Å². The second kappa shape index (κ2) is 7.32. The largest absolute Gasteiger partial charge is 0.437 e.